The third-order valence-corrected chi connectivity index (χ3v) is 4.46. The van der Waals surface area contributed by atoms with Crippen LogP contribution in [0.2, 0.25) is 0 Å². The fourth-order valence-corrected chi connectivity index (χ4v) is 3.10. The van der Waals surface area contributed by atoms with Crippen LogP contribution in [0.25, 0.3) is 0 Å². The Morgan fingerprint density at radius 3 is 2.21 bits per heavy atom. The topological polar surface area (TPSA) is 87.1 Å². The van der Waals surface area contributed by atoms with Crippen LogP contribution < -0.4 is 4.74 Å². The van der Waals surface area contributed by atoms with Crippen LogP contribution in [0.1, 0.15) is 17.9 Å². The van der Waals surface area contributed by atoms with Gasteiger partial charge in [-0.3, -0.25) is 0 Å². The number of hydrogen-bond donors (Lipinski definition) is 2. The molecule has 6 nitrogen and oxygen atoms in total. The molecule has 2 aromatic rings. The highest BCUT2D eigenvalue weighted by Crippen LogP contribution is 2.31. The number of nitrogens with zero attached hydrogens (tertiary/aromatic N) is 1. The summed E-state index contributed by atoms with van der Waals surface area (Å²) in [5.74, 6) is -2.18. The van der Waals surface area contributed by atoms with Gasteiger partial charge in [0, 0.05) is 31.2 Å². The molecule has 2 aromatic carbocycles. The first-order valence-electron chi connectivity index (χ1n) is 9.15. The molecular formula is C22H24FNO5. The van der Waals surface area contributed by atoms with Gasteiger partial charge in [0.1, 0.15) is 6.10 Å². The van der Waals surface area contributed by atoms with Gasteiger partial charge in [-0.25, -0.2) is 14.0 Å². The van der Waals surface area contributed by atoms with E-state index in [0.717, 1.165) is 19.5 Å². The summed E-state index contributed by atoms with van der Waals surface area (Å²) in [6, 6.07) is 17.0. The van der Waals surface area contributed by atoms with E-state index in [4.69, 9.17) is 14.9 Å². The zero-order valence-corrected chi connectivity index (χ0v) is 16.1. The van der Waals surface area contributed by atoms with Gasteiger partial charge in [0.15, 0.2) is 11.6 Å². The molecule has 0 radical (unpaired) electrons. The third kappa shape index (κ3) is 7.38. The van der Waals surface area contributed by atoms with Crippen molar-refractivity contribution in [2.75, 3.05) is 20.1 Å². The normalized spacial score (nSPS) is 19.2. The van der Waals surface area contributed by atoms with Crippen LogP contribution in [0.3, 0.4) is 0 Å². The number of ether oxygens (including phenoxy) is 1. The van der Waals surface area contributed by atoms with Gasteiger partial charge in [-0.1, -0.05) is 42.5 Å². The largest absolute Gasteiger partial charge is 0.487 e. The highest BCUT2D eigenvalue weighted by molar-refractivity contribution is 5.89. The zero-order valence-electron chi connectivity index (χ0n) is 16.1. The number of carboxylic acids is 2. The second-order valence-electron chi connectivity index (χ2n) is 6.66. The smallest absolute Gasteiger partial charge is 0.328 e. The number of benzene rings is 2. The molecule has 0 aliphatic carbocycles. The van der Waals surface area contributed by atoms with Crippen molar-refractivity contribution in [1.29, 1.82) is 0 Å². The van der Waals surface area contributed by atoms with Crippen molar-refractivity contribution in [1.82, 2.24) is 4.90 Å². The minimum atomic E-state index is -1.26. The van der Waals surface area contributed by atoms with Gasteiger partial charge >= 0.3 is 11.9 Å². The summed E-state index contributed by atoms with van der Waals surface area (Å²) in [5.41, 5.74) is 1.25. The molecule has 154 valence electrons. The quantitative estimate of drug-likeness (QED) is 0.747. The van der Waals surface area contributed by atoms with Crippen LogP contribution in [0.5, 0.6) is 5.75 Å². The van der Waals surface area contributed by atoms with E-state index in [1.807, 2.05) is 24.3 Å². The summed E-state index contributed by atoms with van der Waals surface area (Å²) in [6.45, 7) is 1.91. The number of halogens is 1. The Bertz CT molecular complexity index is 824. The highest BCUT2D eigenvalue weighted by atomic mass is 19.1. The number of likely N-dealkylation sites (tertiary alicyclic amines) is 1. The SMILES string of the molecule is CN1CC[C@H](Oc2ccccc2F)[C@H](c2ccccc2)C1.O=C(O)C=CC(=O)O. The highest BCUT2D eigenvalue weighted by Gasteiger charge is 2.31. The van der Waals surface area contributed by atoms with E-state index in [1.165, 1.54) is 11.6 Å². The van der Waals surface area contributed by atoms with E-state index in [-0.39, 0.29) is 17.8 Å². The molecule has 1 aliphatic heterocycles. The second-order valence-corrected chi connectivity index (χ2v) is 6.66. The Morgan fingerprint density at radius 2 is 1.62 bits per heavy atom. The molecule has 29 heavy (non-hydrogen) atoms. The number of aliphatic carboxylic acids is 2. The van der Waals surface area contributed by atoms with Gasteiger partial charge in [-0.15, -0.1) is 0 Å². The van der Waals surface area contributed by atoms with Gasteiger partial charge in [0.25, 0.3) is 0 Å². The summed E-state index contributed by atoms with van der Waals surface area (Å²) in [4.78, 5) is 21.4. The Morgan fingerprint density at radius 1 is 1.03 bits per heavy atom. The molecule has 0 saturated carbocycles. The number of likely N-dealkylation sites (N-methyl/N-ethyl adjacent to an activating group) is 1. The monoisotopic (exact) mass is 401 g/mol. The molecular weight excluding hydrogens is 377 g/mol. The lowest BCUT2D eigenvalue weighted by Gasteiger charge is -2.37. The average molecular weight is 401 g/mol. The Hall–Kier alpha value is -3.19. The zero-order chi connectivity index (χ0) is 21.2. The predicted molar refractivity (Wildman–Crippen MR) is 107 cm³/mol. The first-order valence-corrected chi connectivity index (χ1v) is 9.15. The van der Waals surface area contributed by atoms with Gasteiger partial charge in [-0.05, 0) is 31.2 Å². The number of rotatable bonds is 5. The van der Waals surface area contributed by atoms with Crippen molar-refractivity contribution in [3.8, 4) is 5.75 Å². The Kier molecular flexibility index (Phi) is 8.36. The van der Waals surface area contributed by atoms with Crippen molar-refractivity contribution < 1.29 is 28.9 Å². The van der Waals surface area contributed by atoms with Gasteiger partial charge in [0.05, 0.1) is 0 Å². The van der Waals surface area contributed by atoms with E-state index in [0.29, 0.717) is 17.9 Å². The molecule has 3 rings (SSSR count). The summed E-state index contributed by atoms with van der Waals surface area (Å²) >= 11 is 0. The van der Waals surface area contributed by atoms with Crippen molar-refractivity contribution in [2.45, 2.75) is 18.4 Å². The second kappa shape index (κ2) is 11.0. The van der Waals surface area contributed by atoms with Gasteiger partial charge < -0.3 is 19.8 Å². The van der Waals surface area contributed by atoms with Crippen LogP contribution in [0.15, 0.2) is 66.7 Å². The Balaban J connectivity index is 0.000000321. The van der Waals surface area contributed by atoms with Crippen LogP contribution in [0.4, 0.5) is 4.39 Å². The maximum absolute atomic E-state index is 13.8. The number of carbonyl (C=O) groups is 2. The van der Waals surface area contributed by atoms with Crippen molar-refractivity contribution in [3.05, 3.63) is 78.1 Å². The molecule has 2 N–H and O–H groups in total. The summed E-state index contributed by atoms with van der Waals surface area (Å²) < 4.78 is 19.8. The fourth-order valence-electron chi connectivity index (χ4n) is 3.10. The van der Waals surface area contributed by atoms with Crippen molar-refractivity contribution in [3.63, 3.8) is 0 Å². The first-order chi connectivity index (χ1) is 13.9. The fraction of sp³-hybridized carbons (Fsp3) is 0.273. The van der Waals surface area contributed by atoms with Crippen LogP contribution in [-0.4, -0.2) is 53.3 Å². The van der Waals surface area contributed by atoms with Crippen LogP contribution in [0, 0.1) is 5.82 Å². The van der Waals surface area contributed by atoms with Crippen LogP contribution in [-0.2, 0) is 9.59 Å². The summed E-state index contributed by atoms with van der Waals surface area (Å²) in [6.07, 6.45) is 2.04. The molecule has 0 amide bonds. The molecule has 0 unspecified atom stereocenters. The van der Waals surface area contributed by atoms with Gasteiger partial charge in [-0.2, -0.15) is 0 Å². The molecule has 1 saturated heterocycles. The number of para-hydroxylation sites is 1. The van der Waals surface area contributed by atoms with Gasteiger partial charge in [0.2, 0.25) is 0 Å². The summed E-state index contributed by atoms with van der Waals surface area (Å²) in [7, 11) is 2.12. The minimum Gasteiger partial charge on any atom is -0.487 e. The van der Waals surface area contributed by atoms with E-state index < -0.39 is 11.9 Å². The number of piperidine rings is 1. The number of carboxylic acid groups (broad SMARTS) is 2. The lowest BCUT2D eigenvalue weighted by molar-refractivity contribution is -0.134. The van der Waals surface area contributed by atoms with Crippen molar-refractivity contribution in [2.24, 2.45) is 0 Å². The molecule has 7 heteroatoms. The average Bonchev–Trinajstić information content (AvgIpc) is 2.70. The third-order valence-electron chi connectivity index (χ3n) is 4.46. The maximum Gasteiger partial charge on any atom is 0.328 e. The number of hydrogen-bond acceptors (Lipinski definition) is 4. The summed E-state index contributed by atoms with van der Waals surface area (Å²) in [5, 5.41) is 15.6. The lowest BCUT2D eigenvalue weighted by atomic mass is 9.88. The van der Waals surface area contributed by atoms with E-state index in [2.05, 4.69) is 24.1 Å². The molecule has 0 spiro atoms. The molecule has 1 heterocycles. The van der Waals surface area contributed by atoms with Crippen molar-refractivity contribution >= 4 is 11.9 Å². The molecule has 1 fully saturated rings. The predicted octanol–water partition coefficient (Wildman–Crippen LogP) is 3.40. The molecule has 1 aliphatic rings. The molecule has 0 bridgehead atoms. The lowest BCUT2D eigenvalue weighted by Crippen LogP contribution is -2.42. The standard InChI is InChI=1S/C18H20FNO.C4H4O4/c1-20-12-11-17(21-18-10-6-5-9-16(18)19)15(13-20)14-7-3-2-4-8-14;5-3(6)1-2-4(7)8/h2-10,15,17H,11-13H2,1H3;1-2H,(H,5,6)(H,7,8)/t15-,17-;/m0./s1. The van der Waals surface area contributed by atoms with E-state index in [9.17, 15) is 14.0 Å². The molecule has 2 atom stereocenters. The maximum atomic E-state index is 13.8. The Labute approximate surface area is 168 Å². The van der Waals surface area contributed by atoms with Crippen LogP contribution >= 0.6 is 0 Å². The first kappa shape index (κ1) is 22.1. The van der Waals surface area contributed by atoms with E-state index in [1.54, 1.807) is 12.1 Å². The minimum absolute atomic E-state index is 0.0144. The van der Waals surface area contributed by atoms with E-state index >= 15 is 0 Å². The molecule has 0 aromatic heterocycles.